The number of carbonyl (C=O) groups excluding carboxylic acids is 2. The van der Waals surface area contributed by atoms with Gasteiger partial charge in [-0.2, -0.15) is 4.98 Å². The number of rotatable bonds is 8. The molecule has 3 aromatic rings. The van der Waals surface area contributed by atoms with Gasteiger partial charge in [0.05, 0.1) is 31.9 Å². The van der Waals surface area contributed by atoms with Gasteiger partial charge in [-0.15, -0.1) is 0 Å². The number of benzene rings is 2. The maximum atomic E-state index is 13.3. The summed E-state index contributed by atoms with van der Waals surface area (Å²) in [5.74, 6) is 0.0234. The van der Waals surface area contributed by atoms with E-state index in [0.29, 0.717) is 5.56 Å². The number of anilines is 2. The highest BCUT2D eigenvalue weighted by Crippen LogP contribution is 2.39. The van der Waals surface area contributed by atoms with E-state index >= 15 is 0 Å². The molecule has 0 saturated carbocycles. The van der Waals surface area contributed by atoms with Crippen molar-refractivity contribution in [3.05, 3.63) is 59.3 Å². The lowest BCUT2D eigenvalue weighted by molar-refractivity contribution is 0.102. The Kier molecular flexibility index (Phi) is 8.64. The van der Waals surface area contributed by atoms with Crippen molar-refractivity contribution in [2.24, 2.45) is 0 Å². The second-order valence-corrected chi connectivity index (χ2v) is 11.3. The molecule has 0 saturated heterocycles. The molecular weight excluding hydrogens is 528 g/mol. The lowest BCUT2D eigenvalue weighted by atomic mass is 9.86. The molecule has 0 atom stereocenters. The summed E-state index contributed by atoms with van der Waals surface area (Å²) in [4.78, 5) is 32.5. The summed E-state index contributed by atoms with van der Waals surface area (Å²) in [6, 6.07) is 9.44. The number of amides is 1. The standard InChI is InChI=1S/C26H30N4O8S/c1-15-10-16(12-18(11-15)37-21-8-9-27-24(29-21)38-25(32)36-6)23(31)28-19-13-17(26(2,3)4)14-20(22(19)35-5)30-39(7,33)34/h8-14,30H,1-7H3,(H,28,31). The van der Waals surface area contributed by atoms with Crippen molar-refractivity contribution in [2.75, 3.05) is 30.5 Å². The van der Waals surface area contributed by atoms with E-state index in [9.17, 15) is 18.0 Å². The maximum absolute atomic E-state index is 13.3. The first-order valence-electron chi connectivity index (χ1n) is 11.6. The van der Waals surface area contributed by atoms with Crippen LogP contribution in [0.1, 0.15) is 42.3 Å². The molecule has 0 unspecified atom stereocenters. The van der Waals surface area contributed by atoms with Crippen molar-refractivity contribution in [3.8, 4) is 23.4 Å². The Labute approximate surface area is 226 Å². The van der Waals surface area contributed by atoms with E-state index in [1.807, 2.05) is 20.8 Å². The molecular formula is C26H30N4O8S. The molecule has 0 radical (unpaired) electrons. The van der Waals surface area contributed by atoms with E-state index in [0.717, 1.165) is 18.9 Å². The predicted octanol–water partition coefficient (Wildman–Crippen LogP) is 4.65. The van der Waals surface area contributed by atoms with Crippen LogP contribution in [0.4, 0.5) is 16.2 Å². The lowest BCUT2D eigenvalue weighted by Crippen LogP contribution is -2.18. The van der Waals surface area contributed by atoms with Crippen molar-refractivity contribution in [1.82, 2.24) is 9.97 Å². The second-order valence-electron chi connectivity index (χ2n) is 9.55. The molecule has 39 heavy (non-hydrogen) atoms. The fourth-order valence-electron chi connectivity index (χ4n) is 3.45. The normalized spacial score (nSPS) is 11.4. The third-order valence-electron chi connectivity index (χ3n) is 5.19. The number of ether oxygens (including phenoxy) is 4. The SMILES string of the molecule is COC(=O)Oc1nccc(Oc2cc(C)cc(C(=O)Nc3cc(C(C)(C)C)cc(NS(C)(=O)=O)c3OC)c2)n1. The van der Waals surface area contributed by atoms with E-state index in [4.69, 9.17) is 14.2 Å². The number of sulfonamides is 1. The first-order chi connectivity index (χ1) is 18.2. The fourth-order valence-corrected chi connectivity index (χ4v) is 4.00. The van der Waals surface area contributed by atoms with E-state index in [1.54, 1.807) is 31.2 Å². The minimum Gasteiger partial charge on any atom is -0.492 e. The monoisotopic (exact) mass is 558 g/mol. The predicted molar refractivity (Wildman–Crippen MR) is 144 cm³/mol. The van der Waals surface area contributed by atoms with E-state index in [-0.39, 0.29) is 45.7 Å². The number of carbonyl (C=O) groups is 2. The molecule has 2 aromatic carbocycles. The third-order valence-corrected chi connectivity index (χ3v) is 5.78. The zero-order chi connectivity index (χ0) is 29.0. The molecule has 0 spiro atoms. The van der Waals surface area contributed by atoms with Crippen molar-refractivity contribution in [3.63, 3.8) is 0 Å². The van der Waals surface area contributed by atoms with Gasteiger partial charge in [0, 0.05) is 17.8 Å². The van der Waals surface area contributed by atoms with Crippen LogP contribution in [0.2, 0.25) is 0 Å². The molecule has 2 N–H and O–H groups in total. The molecule has 1 amide bonds. The fraction of sp³-hybridized carbons (Fsp3) is 0.308. The topological polar surface area (TPSA) is 155 Å². The number of aryl methyl sites for hydroxylation is 1. The smallest absolute Gasteiger partial charge is 0.492 e. The van der Waals surface area contributed by atoms with E-state index < -0.39 is 22.1 Å². The second kappa shape index (κ2) is 11.6. The highest BCUT2D eigenvalue weighted by Gasteiger charge is 2.23. The van der Waals surface area contributed by atoms with E-state index in [1.165, 1.54) is 25.4 Å². The maximum Gasteiger partial charge on any atom is 0.516 e. The minimum absolute atomic E-state index is 0.0666. The number of nitrogens with one attached hydrogen (secondary N) is 2. The third kappa shape index (κ3) is 8.04. The first kappa shape index (κ1) is 29.2. The van der Waals surface area contributed by atoms with Gasteiger partial charge in [0.1, 0.15) is 5.75 Å². The molecule has 0 fully saturated rings. The van der Waals surface area contributed by atoms with Crippen LogP contribution in [0.25, 0.3) is 0 Å². The zero-order valence-corrected chi connectivity index (χ0v) is 23.4. The van der Waals surface area contributed by atoms with Crippen LogP contribution in [0.15, 0.2) is 42.6 Å². The van der Waals surface area contributed by atoms with Gasteiger partial charge in [-0.25, -0.2) is 18.2 Å². The Balaban J connectivity index is 1.94. The lowest BCUT2D eigenvalue weighted by Gasteiger charge is -2.24. The van der Waals surface area contributed by atoms with Gasteiger partial charge < -0.3 is 24.3 Å². The summed E-state index contributed by atoms with van der Waals surface area (Å²) in [7, 11) is -1.09. The molecule has 13 heteroatoms. The molecule has 0 aliphatic rings. The van der Waals surface area contributed by atoms with Crippen LogP contribution in [0.5, 0.6) is 23.4 Å². The summed E-state index contributed by atoms with van der Waals surface area (Å²) < 4.78 is 46.9. The summed E-state index contributed by atoms with van der Waals surface area (Å²) in [6.45, 7) is 7.67. The highest BCUT2D eigenvalue weighted by molar-refractivity contribution is 7.92. The molecule has 1 heterocycles. The number of hydrogen-bond donors (Lipinski definition) is 2. The quantitative estimate of drug-likeness (QED) is 0.373. The van der Waals surface area contributed by atoms with Crippen molar-refractivity contribution < 1.29 is 37.0 Å². The average Bonchev–Trinajstić information content (AvgIpc) is 2.82. The largest absolute Gasteiger partial charge is 0.516 e. The Morgan fingerprint density at radius 2 is 1.69 bits per heavy atom. The molecule has 12 nitrogen and oxygen atoms in total. The average molecular weight is 559 g/mol. The van der Waals surface area contributed by atoms with Crippen molar-refractivity contribution in [2.45, 2.75) is 33.1 Å². The summed E-state index contributed by atoms with van der Waals surface area (Å²) in [6.07, 6.45) is 1.38. The van der Waals surface area contributed by atoms with Crippen molar-refractivity contribution >= 4 is 33.5 Å². The van der Waals surface area contributed by atoms with Crippen LogP contribution in [0, 0.1) is 6.92 Å². The molecule has 3 rings (SSSR count). The molecule has 0 bridgehead atoms. The number of nitrogens with zero attached hydrogens (tertiary/aromatic N) is 2. The minimum atomic E-state index is -3.63. The summed E-state index contributed by atoms with van der Waals surface area (Å²) in [5, 5.41) is 2.82. The van der Waals surface area contributed by atoms with Gasteiger partial charge in [0.2, 0.25) is 15.9 Å². The Morgan fingerprint density at radius 1 is 1.00 bits per heavy atom. The van der Waals surface area contributed by atoms with Crippen molar-refractivity contribution in [1.29, 1.82) is 0 Å². The van der Waals surface area contributed by atoms with Gasteiger partial charge in [-0.05, 0) is 53.8 Å². The zero-order valence-electron chi connectivity index (χ0n) is 22.6. The Bertz CT molecular complexity index is 1500. The van der Waals surface area contributed by atoms with Gasteiger partial charge >= 0.3 is 12.2 Å². The van der Waals surface area contributed by atoms with Crippen LogP contribution in [-0.2, 0) is 20.2 Å². The molecule has 1 aromatic heterocycles. The Morgan fingerprint density at radius 3 is 2.31 bits per heavy atom. The van der Waals surface area contributed by atoms with Gasteiger partial charge in [-0.3, -0.25) is 9.52 Å². The van der Waals surface area contributed by atoms with Gasteiger partial charge in [-0.1, -0.05) is 20.8 Å². The molecule has 0 aliphatic carbocycles. The van der Waals surface area contributed by atoms with Gasteiger partial charge in [0.15, 0.2) is 5.75 Å². The van der Waals surface area contributed by atoms with Crippen LogP contribution < -0.4 is 24.2 Å². The summed E-state index contributed by atoms with van der Waals surface area (Å²) >= 11 is 0. The Hall–Kier alpha value is -4.39. The first-order valence-corrected chi connectivity index (χ1v) is 13.5. The van der Waals surface area contributed by atoms with Crippen LogP contribution >= 0.6 is 0 Å². The number of methoxy groups -OCH3 is 2. The molecule has 0 aliphatic heterocycles. The number of hydrogen-bond acceptors (Lipinski definition) is 10. The number of aromatic nitrogens is 2. The van der Waals surface area contributed by atoms with E-state index in [2.05, 4.69) is 24.7 Å². The summed E-state index contributed by atoms with van der Waals surface area (Å²) in [5.41, 5.74) is 1.86. The molecule has 208 valence electrons. The van der Waals surface area contributed by atoms with Crippen LogP contribution in [0.3, 0.4) is 0 Å². The van der Waals surface area contributed by atoms with Gasteiger partial charge in [0.25, 0.3) is 5.91 Å². The van der Waals surface area contributed by atoms with Crippen LogP contribution in [-0.4, -0.2) is 50.9 Å². The highest BCUT2D eigenvalue weighted by atomic mass is 32.2.